The molecule has 0 bridgehead atoms. The first kappa shape index (κ1) is 18.0. The van der Waals surface area contributed by atoms with Crippen LogP contribution in [-0.4, -0.2) is 5.78 Å². The number of halogens is 3. The molecule has 2 aromatic rings. The molecule has 1 nitrogen and oxygen atoms in total. The van der Waals surface area contributed by atoms with E-state index in [2.05, 4.69) is 6.92 Å². The second-order valence-electron chi connectivity index (χ2n) is 5.73. The number of carbonyl (C=O) groups excluding carboxylic acids is 1. The van der Waals surface area contributed by atoms with Crippen LogP contribution in [0.4, 0.5) is 4.39 Å². The second-order valence-corrected chi connectivity index (χ2v) is 6.54. The Bertz CT molecular complexity index is 672. The van der Waals surface area contributed by atoms with Gasteiger partial charge in [-0.15, -0.1) is 0 Å². The highest BCUT2D eigenvalue weighted by Gasteiger charge is 2.18. The van der Waals surface area contributed by atoms with Crippen molar-refractivity contribution in [2.45, 2.75) is 33.1 Å². The molecule has 23 heavy (non-hydrogen) atoms. The van der Waals surface area contributed by atoms with Gasteiger partial charge < -0.3 is 0 Å². The average molecular weight is 353 g/mol. The summed E-state index contributed by atoms with van der Waals surface area (Å²) in [5.74, 6) is -0.195. The Morgan fingerprint density at radius 2 is 1.65 bits per heavy atom. The van der Waals surface area contributed by atoms with Crippen LogP contribution in [0.25, 0.3) is 11.1 Å². The van der Waals surface area contributed by atoms with Crippen LogP contribution in [0.15, 0.2) is 36.4 Å². The van der Waals surface area contributed by atoms with Gasteiger partial charge in [-0.1, -0.05) is 48.7 Å². The van der Waals surface area contributed by atoms with Crippen LogP contribution in [0.3, 0.4) is 0 Å². The largest absolute Gasteiger partial charge is 0.300 e. The van der Waals surface area contributed by atoms with Gasteiger partial charge in [0, 0.05) is 16.0 Å². The zero-order valence-corrected chi connectivity index (χ0v) is 14.7. The van der Waals surface area contributed by atoms with Crippen LogP contribution < -0.4 is 0 Å². The summed E-state index contributed by atoms with van der Waals surface area (Å²) in [6.45, 7) is 3.66. The molecule has 0 saturated heterocycles. The predicted molar refractivity (Wildman–Crippen MR) is 94.6 cm³/mol. The fraction of sp³-hybridized carbons (Fsp3) is 0.316. The Hall–Kier alpha value is -1.38. The normalized spacial score (nSPS) is 12.2. The van der Waals surface area contributed by atoms with Gasteiger partial charge in [0.1, 0.15) is 11.6 Å². The van der Waals surface area contributed by atoms with Crippen LogP contribution in [0, 0.1) is 11.7 Å². The van der Waals surface area contributed by atoms with Crippen molar-refractivity contribution in [2.24, 2.45) is 5.92 Å². The second kappa shape index (κ2) is 7.94. The van der Waals surface area contributed by atoms with Gasteiger partial charge in [0.15, 0.2) is 0 Å². The Labute approximate surface area is 146 Å². The van der Waals surface area contributed by atoms with E-state index in [0.717, 1.165) is 29.5 Å². The van der Waals surface area contributed by atoms with Crippen LogP contribution in [-0.2, 0) is 11.2 Å². The minimum Gasteiger partial charge on any atom is -0.300 e. The molecule has 0 N–H and O–H groups in total. The highest BCUT2D eigenvalue weighted by molar-refractivity contribution is 6.36. The molecule has 0 radical (unpaired) electrons. The summed E-state index contributed by atoms with van der Waals surface area (Å²) in [5.41, 5.74) is 2.48. The first-order chi connectivity index (χ1) is 10.9. The van der Waals surface area contributed by atoms with E-state index in [1.54, 1.807) is 19.1 Å². The number of hydrogen-bond donors (Lipinski definition) is 0. The van der Waals surface area contributed by atoms with E-state index in [1.165, 1.54) is 12.1 Å². The van der Waals surface area contributed by atoms with Gasteiger partial charge >= 0.3 is 0 Å². The maximum Gasteiger partial charge on any atom is 0.133 e. The quantitative estimate of drug-likeness (QED) is 0.592. The molecule has 0 aliphatic carbocycles. The van der Waals surface area contributed by atoms with Crippen molar-refractivity contribution in [3.8, 4) is 11.1 Å². The van der Waals surface area contributed by atoms with E-state index in [1.807, 2.05) is 12.1 Å². The summed E-state index contributed by atoms with van der Waals surface area (Å²) in [6, 6.07) is 9.81. The summed E-state index contributed by atoms with van der Waals surface area (Å²) in [5, 5.41) is 1.08. The minimum absolute atomic E-state index is 0.0633. The molecular formula is C19H19Cl2FO. The third-order valence-corrected chi connectivity index (χ3v) is 4.66. The van der Waals surface area contributed by atoms with Gasteiger partial charge in [-0.05, 0) is 60.7 Å². The molecule has 0 unspecified atom stereocenters. The Kier molecular flexibility index (Phi) is 6.20. The van der Waals surface area contributed by atoms with Gasteiger partial charge in [0.25, 0.3) is 0 Å². The molecule has 1 atom stereocenters. The van der Waals surface area contributed by atoms with Crippen molar-refractivity contribution in [3.63, 3.8) is 0 Å². The third kappa shape index (κ3) is 4.55. The number of rotatable bonds is 6. The van der Waals surface area contributed by atoms with E-state index in [-0.39, 0.29) is 17.5 Å². The summed E-state index contributed by atoms with van der Waals surface area (Å²) in [7, 11) is 0. The first-order valence-corrected chi connectivity index (χ1v) is 8.42. The standard InChI is InChI=1S/C19H19Cl2FO/c1-3-4-14(12(2)23)9-17-18(20)10-15(11-19(17)21)13-5-7-16(22)8-6-13/h5-8,10-11,14H,3-4,9H2,1-2H3/t14-/m0/s1. The molecule has 0 spiro atoms. The molecular weight excluding hydrogens is 334 g/mol. The van der Waals surface area contributed by atoms with Gasteiger partial charge in [0.05, 0.1) is 0 Å². The zero-order chi connectivity index (χ0) is 17.0. The van der Waals surface area contributed by atoms with Gasteiger partial charge in [0.2, 0.25) is 0 Å². The maximum absolute atomic E-state index is 13.0. The topological polar surface area (TPSA) is 17.1 Å². The van der Waals surface area contributed by atoms with Crippen molar-refractivity contribution >= 4 is 29.0 Å². The lowest BCUT2D eigenvalue weighted by molar-refractivity contribution is -0.120. The van der Waals surface area contributed by atoms with Crippen LogP contribution in [0.5, 0.6) is 0 Å². The number of Topliss-reactive ketones (excluding diaryl/α,β-unsaturated/α-hetero) is 1. The fourth-order valence-electron chi connectivity index (χ4n) is 2.65. The molecule has 0 amide bonds. The van der Waals surface area contributed by atoms with E-state index < -0.39 is 0 Å². The van der Waals surface area contributed by atoms with Crippen molar-refractivity contribution < 1.29 is 9.18 Å². The van der Waals surface area contributed by atoms with Crippen molar-refractivity contribution in [3.05, 3.63) is 57.8 Å². The average Bonchev–Trinajstić information content (AvgIpc) is 2.50. The molecule has 0 aliphatic rings. The summed E-state index contributed by atoms with van der Waals surface area (Å²) in [4.78, 5) is 11.8. The molecule has 0 aromatic heterocycles. The fourth-order valence-corrected chi connectivity index (χ4v) is 3.29. The van der Waals surface area contributed by atoms with Crippen LogP contribution >= 0.6 is 23.2 Å². The van der Waals surface area contributed by atoms with Crippen molar-refractivity contribution in [1.82, 2.24) is 0 Å². The Balaban J connectivity index is 2.33. The first-order valence-electron chi connectivity index (χ1n) is 7.66. The molecule has 122 valence electrons. The van der Waals surface area contributed by atoms with E-state index in [4.69, 9.17) is 23.2 Å². The van der Waals surface area contributed by atoms with Gasteiger partial charge in [-0.3, -0.25) is 4.79 Å². The smallest absolute Gasteiger partial charge is 0.133 e. The van der Waals surface area contributed by atoms with Gasteiger partial charge in [-0.2, -0.15) is 0 Å². The number of hydrogen-bond acceptors (Lipinski definition) is 1. The highest BCUT2D eigenvalue weighted by Crippen LogP contribution is 2.34. The summed E-state index contributed by atoms with van der Waals surface area (Å²) in [6.07, 6.45) is 2.30. The Morgan fingerprint density at radius 1 is 1.09 bits per heavy atom. The predicted octanol–water partition coefficient (Wildman–Crippen LogP) is 6.35. The minimum atomic E-state index is -0.286. The third-order valence-electron chi connectivity index (χ3n) is 3.98. The maximum atomic E-state index is 13.0. The lowest BCUT2D eigenvalue weighted by Gasteiger charge is -2.16. The van der Waals surface area contributed by atoms with Crippen LogP contribution in [0.1, 0.15) is 32.3 Å². The molecule has 0 saturated carbocycles. The van der Waals surface area contributed by atoms with Crippen molar-refractivity contribution in [1.29, 1.82) is 0 Å². The van der Waals surface area contributed by atoms with E-state index >= 15 is 0 Å². The molecule has 0 fully saturated rings. The highest BCUT2D eigenvalue weighted by atomic mass is 35.5. The molecule has 0 aliphatic heterocycles. The molecule has 2 aromatic carbocycles. The molecule has 4 heteroatoms. The number of benzene rings is 2. The SMILES string of the molecule is CCC[C@@H](Cc1c(Cl)cc(-c2ccc(F)cc2)cc1Cl)C(C)=O. The summed E-state index contributed by atoms with van der Waals surface area (Å²) >= 11 is 12.8. The molecule has 2 rings (SSSR count). The lowest BCUT2D eigenvalue weighted by Crippen LogP contribution is -2.14. The van der Waals surface area contributed by atoms with E-state index in [0.29, 0.717) is 16.5 Å². The lowest BCUT2D eigenvalue weighted by atomic mass is 9.91. The zero-order valence-electron chi connectivity index (χ0n) is 13.2. The number of ketones is 1. The monoisotopic (exact) mass is 352 g/mol. The van der Waals surface area contributed by atoms with E-state index in [9.17, 15) is 9.18 Å². The number of carbonyl (C=O) groups is 1. The van der Waals surface area contributed by atoms with Gasteiger partial charge in [-0.25, -0.2) is 4.39 Å². The van der Waals surface area contributed by atoms with Crippen molar-refractivity contribution in [2.75, 3.05) is 0 Å². The molecule has 0 heterocycles. The Morgan fingerprint density at radius 3 is 2.13 bits per heavy atom. The summed E-state index contributed by atoms with van der Waals surface area (Å²) < 4.78 is 13.0. The van der Waals surface area contributed by atoms with Crippen LogP contribution in [0.2, 0.25) is 10.0 Å².